The quantitative estimate of drug-likeness (QED) is 0.677. The summed E-state index contributed by atoms with van der Waals surface area (Å²) in [5.41, 5.74) is 6.10. The van der Waals surface area contributed by atoms with Crippen LogP contribution in [-0.4, -0.2) is 41.8 Å². The van der Waals surface area contributed by atoms with Gasteiger partial charge in [0.2, 0.25) is 0 Å². The number of nitrogens with two attached hydrogens (primary N) is 1. The minimum Gasteiger partial charge on any atom is -0.396 e. The Labute approximate surface area is 94.6 Å². The van der Waals surface area contributed by atoms with Crippen LogP contribution in [0.25, 0.3) is 0 Å². The Balaban J connectivity index is 4.27. The lowest BCUT2D eigenvalue weighted by atomic mass is 9.85. The topological polar surface area (TPSA) is 49.5 Å². The summed E-state index contributed by atoms with van der Waals surface area (Å²) in [6.45, 7) is 13.0. The molecule has 0 heterocycles. The van der Waals surface area contributed by atoms with Crippen molar-refractivity contribution < 1.29 is 5.11 Å². The molecule has 15 heavy (non-hydrogen) atoms. The van der Waals surface area contributed by atoms with Crippen LogP contribution in [0.2, 0.25) is 0 Å². The zero-order valence-electron chi connectivity index (χ0n) is 11.0. The van der Waals surface area contributed by atoms with Gasteiger partial charge in [0.15, 0.2) is 0 Å². The lowest BCUT2D eigenvalue weighted by Gasteiger charge is -2.37. The van der Waals surface area contributed by atoms with Gasteiger partial charge in [-0.1, -0.05) is 13.8 Å². The minimum atomic E-state index is 0.125. The standard InChI is InChI=1S/C12H28N2O/c1-10(2)14(7-6-8-15)9-12(4,5)11(3)13/h10-11,15H,6-9,13H2,1-5H3. The normalized spacial score (nSPS) is 15.0. The Morgan fingerprint density at radius 1 is 1.27 bits per heavy atom. The maximum absolute atomic E-state index is 8.85. The van der Waals surface area contributed by atoms with Crippen molar-refractivity contribution in [2.75, 3.05) is 19.7 Å². The molecule has 3 heteroatoms. The molecule has 1 atom stereocenters. The van der Waals surface area contributed by atoms with Crippen molar-refractivity contribution >= 4 is 0 Å². The summed E-state index contributed by atoms with van der Waals surface area (Å²) in [5.74, 6) is 0. The molecular weight excluding hydrogens is 188 g/mol. The van der Waals surface area contributed by atoms with Crippen LogP contribution in [0.15, 0.2) is 0 Å². The molecular formula is C12H28N2O. The van der Waals surface area contributed by atoms with E-state index in [0.717, 1.165) is 19.5 Å². The molecule has 3 N–H and O–H groups in total. The molecule has 0 saturated heterocycles. The molecule has 0 aliphatic carbocycles. The van der Waals surface area contributed by atoms with Gasteiger partial charge >= 0.3 is 0 Å². The highest BCUT2D eigenvalue weighted by Crippen LogP contribution is 2.21. The maximum Gasteiger partial charge on any atom is 0.0443 e. The van der Waals surface area contributed by atoms with Gasteiger partial charge in [0.05, 0.1) is 0 Å². The zero-order chi connectivity index (χ0) is 12.1. The van der Waals surface area contributed by atoms with Gasteiger partial charge in [-0.25, -0.2) is 0 Å². The summed E-state index contributed by atoms with van der Waals surface area (Å²) >= 11 is 0. The van der Waals surface area contributed by atoms with E-state index in [1.165, 1.54) is 0 Å². The monoisotopic (exact) mass is 216 g/mol. The molecule has 0 fully saturated rings. The molecule has 0 spiro atoms. The molecule has 0 radical (unpaired) electrons. The van der Waals surface area contributed by atoms with Gasteiger partial charge in [0.25, 0.3) is 0 Å². The number of hydrogen-bond donors (Lipinski definition) is 2. The first-order chi connectivity index (χ1) is 6.81. The average Bonchev–Trinajstić information content (AvgIpc) is 2.11. The van der Waals surface area contributed by atoms with Crippen molar-refractivity contribution in [1.29, 1.82) is 0 Å². The number of rotatable bonds is 7. The largest absolute Gasteiger partial charge is 0.396 e. The van der Waals surface area contributed by atoms with Gasteiger partial charge in [0, 0.05) is 31.8 Å². The molecule has 0 bridgehead atoms. The Morgan fingerprint density at radius 2 is 1.80 bits per heavy atom. The second kappa shape index (κ2) is 6.46. The van der Waals surface area contributed by atoms with E-state index in [1.807, 2.05) is 0 Å². The fourth-order valence-electron chi connectivity index (χ4n) is 1.46. The van der Waals surface area contributed by atoms with Gasteiger partial charge in [-0.2, -0.15) is 0 Å². The molecule has 0 aromatic heterocycles. The molecule has 1 unspecified atom stereocenters. The lowest BCUT2D eigenvalue weighted by Crippen LogP contribution is -2.46. The lowest BCUT2D eigenvalue weighted by molar-refractivity contribution is 0.119. The van der Waals surface area contributed by atoms with E-state index in [2.05, 4.69) is 39.5 Å². The van der Waals surface area contributed by atoms with Crippen LogP contribution in [0.1, 0.15) is 41.0 Å². The smallest absolute Gasteiger partial charge is 0.0443 e. The first-order valence-electron chi connectivity index (χ1n) is 5.91. The van der Waals surface area contributed by atoms with Crippen molar-refractivity contribution in [2.45, 2.75) is 53.1 Å². The third kappa shape index (κ3) is 5.50. The maximum atomic E-state index is 8.85. The van der Waals surface area contributed by atoms with Crippen molar-refractivity contribution in [3.63, 3.8) is 0 Å². The molecule has 92 valence electrons. The predicted molar refractivity (Wildman–Crippen MR) is 65.8 cm³/mol. The second-order valence-electron chi connectivity index (χ2n) is 5.42. The van der Waals surface area contributed by atoms with Crippen LogP contribution in [0.3, 0.4) is 0 Å². The van der Waals surface area contributed by atoms with Crippen LogP contribution < -0.4 is 5.73 Å². The van der Waals surface area contributed by atoms with Crippen LogP contribution >= 0.6 is 0 Å². The third-order valence-electron chi connectivity index (χ3n) is 3.18. The van der Waals surface area contributed by atoms with Gasteiger partial charge in [0.1, 0.15) is 0 Å². The summed E-state index contributed by atoms with van der Waals surface area (Å²) in [5, 5.41) is 8.85. The van der Waals surface area contributed by atoms with E-state index >= 15 is 0 Å². The summed E-state index contributed by atoms with van der Waals surface area (Å²) in [4.78, 5) is 2.39. The van der Waals surface area contributed by atoms with Crippen LogP contribution in [0.4, 0.5) is 0 Å². The minimum absolute atomic E-state index is 0.125. The van der Waals surface area contributed by atoms with Crippen LogP contribution in [-0.2, 0) is 0 Å². The van der Waals surface area contributed by atoms with Crippen molar-refractivity contribution in [1.82, 2.24) is 4.90 Å². The van der Waals surface area contributed by atoms with E-state index < -0.39 is 0 Å². The summed E-state index contributed by atoms with van der Waals surface area (Å²) in [6.07, 6.45) is 0.840. The Kier molecular flexibility index (Phi) is 6.41. The molecule has 0 aromatic carbocycles. The fourth-order valence-corrected chi connectivity index (χ4v) is 1.46. The summed E-state index contributed by atoms with van der Waals surface area (Å²) in [7, 11) is 0. The third-order valence-corrected chi connectivity index (χ3v) is 3.18. The predicted octanol–water partition coefficient (Wildman–Crippen LogP) is 1.45. The molecule has 0 amide bonds. The first-order valence-corrected chi connectivity index (χ1v) is 5.91. The molecule has 0 saturated carbocycles. The number of nitrogens with zero attached hydrogens (tertiary/aromatic N) is 1. The summed E-state index contributed by atoms with van der Waals surface area (Å²) < 4.78 is 0. The fraction of sp³-hybridized carbons (Fsp3) is 1.00. The van der Waals surface area contributed by atoms with Crippen LogP contribution in [0, 0.1) is 5.41 Å². The SMILES string of the molecule is CC(C)N(CCCO)CC(C)(C)C(C)N. The molecule has 0 aromatic rings. The van der Waals surface area contributed by atoms with Crippen molar-refractivity contribution in [2.24, 2.45) is 11.1 Å². The molecule has 3 nitrogen and oxygen atoms in total. The summed E-state index contributed by atoms with van der Waals surface area (Å²) in [6, 6.07) is 0.697. The zero-order valence-corrected chi connectivity index (χ0v) is 11.0. The van der Waals surface area contributed by atoms with E-state index in [4.69, 9.17) is 10.8 Å². The van der Waals surface area contributed by atoms with E-state index in [-0.39, 0.29) is 18.1 Å². The van der Waals surface area contributed by atoms with Crippen molar-refractivity contribution in [3.05, 3.63) is 0 Å². The number of hydrogen-bond acceptors (Lipinski definition) is 3. The van der Waals surface area contributed by atoms with E-state index in [0.29, 0.717) is 6.04 Å². The van der Waals surface area contributed by atoms with E-state index in [1.54, 1.807) is 0 Å². The highest BCUT2D eigenvalue weighted by atomic mass is 16.3. The van der Waals surface area contributed by atoms with E-state index in [9.17, 15) is 0 Å². The molecule has 0 rings (SSSR count). The number of aliphatic hydroxyl groups is 1. The van der Waals surface area contributed by atoms with Gasteiger partial charge in [-0.05, 0) is 32.6 Å². The second-order valence-corrected chi connectivity index (χ2v) is 5.42. The van der Waals surface area contributed by atoms with Gasteiger partial charge < -0.3 is 15.7 Å². The molecule has 0 aliphatic heterocycles. The Hall–Kier alpha value is -0.120. The van der Waals surface area contributed by atoms with Crippen LogP contribution in [0.5, 0.6) is 0 Å². The van der Waals surface area contributed by atoms with Crippen molar-refractivity contribution in [3.8, 4) is 0 Å². The highest BCUT2D eigenvalue weighted by molar-refractivity contribution is 4.82. The first kappa shape index (κ1) is 14.9. The Morgan fingerprint density at radius 3 is 2.13 bits per heavy atom. The highest BCUT2D eigenvalue weighted by Gasteiger charge is 2.26. The van der Waals surface area contributed by atoms with Gasteiger partial charge in [-0.3, -0.25) is 0 Å². The Bertz CT molecular complexity index is 167. The average molecular weight is 216 g/mol. The number of aliphatic hydroxyl groups excluding tert-OH is 1. The molecule has 0 aliphatic rings. The van der Waals surface area contributed by atoms with Gasteiger partial charge in [-0.15, -0.1) is 0 Å².